The van der Waals surface area contributed by atoms with E-state index in [-0.39, 0.29) is 6.04 Å². The number of nitrogens with two attached hydrogens (primary N) is 1. The average Bonchev–Trinajstić information content (AvgIpc) is 2.59. The van der Waals surface area contributed by atoms with Gasteiger partial charge in [-0.1, -0.05) is 6.92 Å². The van der Waals surface area contributed by atoms with Crippen molar-refractivity contribution < 1.29 is 9.84 Å². The molecule has 1 aromatic heterocycles. The lowest BCUT2D eigenvalue weighted by atomic mass is 9.73. The minimum atomic E-state index is -0.851. The van der Waals surface area contributed by atoms with Crippen molar-refractivity contribution in [2.24, 2.45) is 5.73 Å². The number of aliphatic hydroxyl groups is 1. The Morgan fingerprint density at radius 1 is 1.69 bits per heavy atom. The van der Waals surface area contributed by atoms with E-state index < -0.39 is 5.60 Å². The highest BCUT2D eigenvalue weighted by Gasteiger charge is 2.46. The lowest BCUT2D eigenvalue weighted by Crippen LogP contribution is -2.50. The zero-order valence-corrected chi connectivity index (χ0v) is 9.81. The molecule has 0 unspecified atom stereocenters. The molecule has 5 nitrogen and oxygen atoms in total. The van der Waals surface area contributed by atoms with Crippen LogP contribution in [-0.4, -0.2) is 28.0 Å². The molecule has 1 aliphatic rings. The van der Waals surface area contributed by atoms with E-state index in [4.69, 9.17) is 10.5 Å². The summed E-state index contributed by atoms with van der Waals surface area (Å²) >= 11 is 0. The van der Waals surface area contributed by atoms with Gasteiger partial charge in [-0.25, -0.2) is 0 Å². The molecule has 1 fully saturated rings. The van der Waals surface area contributed by atoms with Crippen LogP contribution in [0.1, 0.15) is 31.9 Å². The van der Waals surface area contributed by atoms with Crippen molar-refractivity contribution >= 4 is 0 Å². The first-order chi connectivity index (χ1) is 7.60. The Balaban J connectivity index is 2.33. The monoisotopic (exact) mass is 225 g/mol. The highest BCUT2D eigenvalue weighted by atomic mass is 16.5. The first-order valence-corrected chi connectivity index (χ1v) is 5.69. The van der Waals surface area contributed by atoms with Gasteiger partial charge in [-0.05, 0) is 19.3 Å². The molecule has 0 atom stereocenters. The number of rotatable bonds is 4. The third-order valence-corrected chi connectivity index (χ3v) is 3.10. The van der Waals surface area contributed by atoms with Gasteiger partial charge >= 0.3 is 0 Å². The van der Waals surface area contributed by atoms with Crippen LogP contribution in [0.4, 0.5) is 0 Å². The molecule has 1 heterocycles. The fraction of sp³-hybridized carbons (Fsp3) is 0.727. The van der Waals surface area contributed by atoms with Gasteiger partial charge in [-0.2, -0.15) is 5.10 Å². The van der Waals surface area contributed by atoms with Crippen molar-refractivity contribution in [2.45, 2.75) is 44.4 Å². The van der Waals surface area contributed by atoms with Gasteiger partial charge in [0.2, 0.25) is 0 Å². The van der Waals surface area contributed by atoms with E-state index in [9.17, 15) is 5.11 Å². The van der Waals surface area contributed by atoms with Crippen LogP contribution in [0.5, 0.6) is 5.75 Å². The summed E-state index contributed by atoms with van der Waals surface area (Å²) in [5.74, 6) is 0.655. The number of hydrogen-bond donors (Lipinski definition) is 2. The van der Waals surface area contributed by atoms with Crippen LogP contribution >= 0.6 is 0 Å². The molecule has 0 spiro atoms. The maximum absolute atomic E-state index is 10.4. The van der Waals surface area contributed by atoms with Gasteiger partial charge in [0.1, 0.15) is 11.3 Å². The predicted molar refractivity (Wildman–Crippen MR) is 60.2 cm³/mol. The molecule has 0 aliphatic heterocycles. The van der Waals surface area contributed by atoms with E-state index in [0.717, 1.165) is 18.7 Å². The highest BCUT2D eigenvalue weighted by Crippen LogP contribution is 2.44. The molecule has 0 aromatic carbocycles. The van der Waals surface area contributed by atoms with Crippen molar-refractivity contribution in [3.8, 4) is 5.75 Å². The van der Waals surface area contributed by atoms with Gasteiger partial charge in [0.05, 0.1) is 13.3 Å². The van der Waals surface area contributed by atoms with E-state index >= 15 is 0 Å². The van der Waals surface area contributed by atoms with Crippen molar-refractivity contribution in [3.05, 3.63) is 11.9 Å². The van der Waals surface area contributed by atoms with E-state index in [1.807, 2.05) is 4.68 Å². The molecule has 1 aromatic rings. The Morgan fingerprint density at radius 3 is 2.88 bits per heavy atom. The Kier molecular flexibility index (Phi) is 2.90. The summed E-state index contributed by atoms with van der Waals surface area (Å²) in [7, 11) is 1.60. The molecule has 0 amide bonds. The lowest BCUT2D eigenvalue weighted by Gasteiger charge is -2.42. The average molecular weight is 225 g/mol. The molecule has 5 heteroatoms. The summed E-state index contributed by atoms with van der Waals surface area (Å²) < 4.78 is 7.07. The number of hydrogen-bond acceptors (Lipinski definition) is 4. The maximum atomic E-state index is 10.4. The maximum Gasteiger partial charge on any atom is 0.162 e. The molecule has 3 N–H and O–H groups in total. The third-order valence-electron chi connectivity index (χ3n) is 3.10. The van der Waals surface area contributed by atoms with Gasteiger partial charge in [0.25, 0.3) is 0 Å². The first-order valence-electron chi connectivity index (χ1n) is 5.69. The van der Waals surface area contributed by atoms with Crippen LogP contribution in [-0.2, 0) is 12.1 Å². The molecule has 0 saturated heterocycles. The minimum absolute atomic E-state index is 0.0830. The largest absolute Gasteiger partial charge is 0.493 e. The lowest BCUT2D eigenvalue weighted by molar-refractivity contribution is -0.0610. The van der Waals surface area contributed by atoms with E-state index in [1.165, 1.54) is 0 Å². The van der Waals surface area contributed by atoms with E-state index in [0.29, 0.717) is 18.6 Å². The van der Waals surface area contributed by atoms with Gasteiger partial charge in [0.15, 0.2) is 5.75 Å². The zero-order chi connectivity index (χ0) is 11.8. The number of nitrogens with zero attached hydrogens (tertiary/aromatic N) is 2. The molecule has 2 rings (SSSR count). The second-order valence-electron chi connectivity index (χ2n) is 4.48. The first kappa shape index (κ1) is 11.4. The summed E-state index contributed by atoms with van der Waals surface area (Å²) in [6.07, 6.45) is 3.80. The van der Waals surface area contributed by atoms with Crippen LogP contribution in [0.25, 0.3) is 0 Å². The summed E-state index contributed by atoms with van der Waals surface area (Å²) in [6, 6.07) is 0.0830. The topological polar surface area (TPSA) is 73.3 Å². The van der Waals surface area contributed by atoms with Crippen molar-refractivity contribution in [2.75, 3.05) is 7.11 Å². The molecular weight excluding hydrogens is 206 g/mol. The van der Waals surface area contributed by atoms with Crippen molar-refractivity contribution in [3.63, 3.8) is 0 Å². The van der Waals surface area contributed by atoms with Crippen molar-refractivity contribution in [1.29, 1.82) is 0 Å². The summed E-state index contributed by atoms with van der Waals surface area (Å²) in [4.78, 5) is 0. The number of aryl methyl sites for hydroxylation is 1. The van der Waals surface area contributed by atoms with Gasteiger partial charge in [-0.3, -0.25) is 4.68 Å². The second-order valence-corrected chi connectivity index (χ2v) is 4.48. The third kappa shape index (κ3) is 1.70. The fourth-order valence-electron chi connectivity index (χ4n) is 2.37. The Bertz CT molecular complexity index is 369. The molecule has 16 heavy (non-hydrogen) atoms. The smallest absolute Gasteiger partial charge is 0.162 e. The highest BCUT2D eigenvalue weighted by molar-refractivity contribution is 5.33. The Labute approximate surface area is 95.2 Å². The number of ether oxygens (including phenoxy) is 1. The van der Waals surface area contributed by atoms with Gasteiger partial charge < -0.3 is 15.6 Å². The Hall–Kier alpha value is -1.07. The summed E-state index contributed by atoms with van der Waals surface area (Å²) in [5.41, 5.74) is 5.67. The van der Waals surface area contributed by atoms with Gasteiger partial charge in [-0.15, -0.1) is 0 Å². The SMILES string of the molecule is CCCn1ncc(OC)c1C1(O)CC(N)C1. The molecular formula is C11H19N3O2. The van der Waals surface area contributed by atoms with Crippen LogP contribution in [0.2, 0.25) is 0 Å². The molecule has 0 radical (unpaired) electrons. The Morgan fingerprint density at radius 2 is 2.38 bits per heavy atom. The van der Waals surface area contributed by atoms with Crippen LogP contribution in [0.3, 0.4) is 0 Å². The minimum Gasteiger partial charge on any atom is -0.493 e. The summed E-state index contributed by atoms with van der Waals surface area (Å²) in [6.45, 7) is 2.87. The normalized spacial score (nSPS) is 28.9. The second kappa shape index (κ2) is 4.07. The number of aromatic nitrogens is 2. The standard InChI is InChI=1S/C11H19N3O2/c1-3-4-14-10(9(16-2)7-13-14)11(15)5-8(12)6-11/h7-8,15H,3-6,12H2,1-2H3. The quantitative estimate of drug-likeness (QED) is 0.787. The van der Waals surface area contributed by atoms with Crippen LogP contribution in [0.15, 0.2) is 6.20 Å². The molecule has 90 valence electrons. The van der Waals surface area contributed by atoms with Crippen molar-refractivity contribution in [1.82, 2.24) is 9.78 Å². The fourth-order valence-corrected chi connectivity index (χ4v) is 2.37. The van der Waals surface area contributed by atoms with Gasteiger partial charge in [0, 0.05) is 12.6 Å². The molecule has 1 saturated carbocycles. The van der Waals surface area contributed by atoms with E-state index in [2.05, 4.69) is 12.0 Å². The zero-order valence-electron chi connectivity index (χ0n) is 9.81. The van der Waals surface area contributed by atoms with Crippen LogP contribution < -0.4 is 10.5 Å². The number of methoxy groups -OCH3 is 1. The molecule has 1 aliphatic carbocycles. The summed E-state index contributed by atoms with van der Waals surface area (Å²) in [5, 5.41) is 14.7. The van der Waals surface area contributed by atoms with E-state index in [1.54, 1.807) is 13.3 Å². The van der Waals surface area contributed by atoms with Crippen LogP contribution in [0, 0.1) is 0 Å². The predicted octanol–water partition coefficient (Wildman–Crippen LogP) is 0.610. The molecule has 0 bridgehead atoms.